The van der Waals surface area contributed by atoms with E-state index in [0.717, 1.165) is 67.9 Å². The quantitative estimate of drug-likeness (QED) is 0.273. The van der Waals surface area contributed by atoms with Crippen LogP contribution in [0.25, 0.3) is 10.9 Å². The predicted octanol–water partition coefficient (Wildman–Crippen LogP) is 6.13. The molecule has 39 heavy (non-hydrogen) atoms. The second kappa shape index (κ2) is 13.4. The summed E-state index contributed by atoms with van der Waals surface area (Å²) in [5.41, 5.74) is 6.35. The molecule has 0 saturated carbocycles. The van der Waals surface area contributed by atoms with Gasteiger partial charge in [-0.3, -0.25) is 9.80 Å². The van der Waals surface area contributed by atoms with Crippen molar-refractivity contribution in [2.24, 2.45) is 0 Å². The average Bonchev–Trinajstić information content (AvgIpc) is 3.33. The minimum atomic E-state index is 0.210. The summed E-state index contributed by atoms with van der Waals surface area (Å²) >= 11 is 10.7. The number of rotatable bonds is 7. The molecule has 0 spiro atoms. The van der Waals surface area contributed by atoms with E-state index in [4.69, 9.17) is 25.8 Å². The highest BCUT2D eigenvalue weighted by atomic mass is 35.5. The summed E-state index contributed by atoms with van der Waals surface area (Å²) in [6.45, 7) is 6.31. The summed E-state index contributed by atoms with van der Waals surface area (Å²) in [4.78, 5) is 8.46. The number of H-pyrrole nitrogens is 1. The number of thiocarbonyl (C=S) groups is 1. The minimum Gasteiger partial charge on any atom is -0.492 e. The maximum absolute atomic E-state index is 6.26. The molecule has 1 aromatic heterocycles. The third-order valence-corrected chi connectivity index (χ3v) is 7.56. The lowest BCUT2D eigenvalue weighted by molar-refractivity contribution is 0.0322. The highest BCUT2D eigenvalue weighted by Crippen LogP contribution is 2.38. The molecule has 6 rings (SSSR count). The van der Waals surface area contributed by atoms with Crippen molar-refractivity contribution in [3.8, 4) is 11.5 Å². The Morgan fingerprint density at radius 1 is 1.00 bits per heavy atom. The molecule has 1 saturated heterocycles. The van der Waals surface area contributed by atoms with Gasteiger partial charge in [0.1, 0.15) is 18.1 Å². The van der Waals surface area contributed by atoms with Gasteiger partial charge >= 0.3 is 0 Å². The molecule has 2 aliphatic heterocycles. The van der Waals surface area contributed by atoms with E-state index in [-0.39, 0.29) is 6.04 Å². The van der Waals surface area contributed by atoms with Crippen LogP contribution in [-0.4, -0.2) is 73.4 Å². The van der Waals surface area contributed by atoms with Crippen molar-refractivity contribution in [3.05, 3.63) is 94.6 Å². The Morgan fingerprint density at radius 2 is 1.77 bits per heavy atom. The van der Waals surface area contributed by atoms with Gasteiger partial charge in [-0.15, -0.1) is 0 Å². The van der Waals surface area contributed by atoms with Crippen LogP contribution in [0.3, 0.4) is 0 Å². The largest absolute Gasteiger partial charge is 0.492 e. The Labute approximate surface area is 240 Å². The molecule has 6 nitrogen and oxygen atoms in total. The van der Waals surface area contributed by atoms with E-state index >= 15 is 0 Å². The topological polar surface area (TPSA) is 50.0 Å². The van der Waals surface area contributed by atoms with Crippen molar-refractivity contribution in [1.29, 1.82) is 0 Å². The Hall–Kier alpha value is -2.94. The van der Waals surface area contributed by atoms with Gasteiger partial charge in [0.2, 0.25) is 0 Å². The summed E-state index contributed by atoms with van der Waals surface area (Å²) in [7, 11) is 2.19. The second-order valence-corrected chi connectivity index (χ2v) is 10.4. The first-order valence-corrected chi connectivity index (χ1v) is 14.2. The lowest BCUT2D eigenvalue weighted by Crippen LogP contribution is -2.38. The molecule has 1 atom stereocenters. The number of fused-ring (bicyclic) bond motifs is 3. The highest BCUT2D eigenvalue weighted by Gasteiger charge is 2.29. The molecule has 4 aromatic rings. The molecule has 0 amide bonds. The van der Waals surface area contributed by atoms with E-state index in [9.17, 15) is 0 Å². The minimum absolute atomic E-state index is 0.210. The maximum atomic E-state index is 6.26. The fraction of sp³-hybridized carbons (Fsp3) is 0.323. The zero-order chi connectivity index (χ0) is 27.0. The van der Waals surface area contributed by atoms with Crippen LogP contribution in [0.2, 0.25) is 5.02 Å². The molecule has 2 aliphatic rings. The molecule has 0 radical (unpaired) electrons. The van der Waals surface area contributed by atoms with Crippen molar-refractivity contribution in [2.75, 3.05) is 53.0 Å². The van der Waals surface area contributed by atoms with E-state index in [1.165, 1.54) is 27.8 Å². The van der Waals surface area contributed by atoms with Crippen LogP contribution in [0.1, 0.15) is 22.9 Å². The van der Waals surface area contributed by atoms with Gasteiger partial charge in [-0.2, -0.15) is 0 Å². The van der Waals surface area contributed by atoms with Crippen molar-refractivity contribution in [3.63, 3.8) is 0 Å². The average molecular weight is 564 g/mol. The number of aromatic amines is 1. The number of halogens is 1. The number of nitrogens with one attached hydrogen (secondary N) is 1. The zero-order valence-corrected chi connectivity index (χ0v) is 23.7. The number of benzene rings is 3. The molecule has 0 aliphatic carbocycles. The van der Waals surface area contributed by atoms with Crippen molar-refractivity contribution < 1.29 is 14.2 Å². The normalized spacial score (nSPS) is 17.6. The third-order valence-electron chi connectivity index (χ3n) is 7.23. The molecule has 3 aromatic carbocycles. The Kier molecular flexibility index (Phi) is 9.50. The number of ether oxygens (including phenoxy) is 3. The SMILES string of the molecule is CN1CCc2c([nH]c3ccc(Cl)cc23)C1c1ccc(OCCN2CCOCC2)cc1.S=COc1ccccc1. The summed E-state index contributed by atoms with van der Waals surface area (Å²) in [6.07, 6.45) is 1.03. The molecular formula is C31H34ClN3O3S. The Morgan fingerprint density at radius 3 is 2.51 bits per heavy atom. The smallest absolute Gasteiger partial charge is 0.154 e. The van der Waals surface area contributed by atoms with Gasteiger partial charge in [0.05, 0.1) is 19.3 Å². The first-order chi connectivity index (χ1) is 19.1. The van der Waals surface area contributed by atoms with Gasteiger partial charge in [-0.1, -0.05) is 41.9 Å². The number of hydrogen-bond donors (Lipinski definition) is 1. The number of morpholine rings is 1. The number of para-hydroxylation sites is 1. The third kappa shape index (κ3) is 6.99. The van der Waals surface area contributed by atoms with Crippen LogP contribution in [0, 0.1) is 0 Å². The van der Waals surface area contributed by atoms with Gasteiger partial charge < -0.3 is 19.2 Å². The van der Waals surface area contributed by atoms with Crippen molar-refractivity contribution in [1.82, 2.24) is 14.8 Å². The van der Waals surface area contributed by atoms with E-state index in [0.29, 0.717) is 6.61 Å². The molecule has 1 N–H and O–H groups in total. The van der Waals surface area contributed by atoms with Crippen LogP contribution in [0.15, 0.2) is 72.8 Å². The number of aromatic nitrogens is 1. The van der Waals surface area contributed by atoms with Crippen molar-refractivity contribution in [2.45, 2.75) is 12.5 Å². The fourth-order valence-corrected chi connectivity index (χ4v) is 5.50. The van der Waals surface area contributed by atoms with Gasteiger partial charge in [0.15, 0.2) is 5.55 Å². The lowest BCUT2D eigenvalue weighted by Gasteiger charge is -2.33. The second-order valence-electron chi connectivity index (χ2n) is 9.74. The molecule has 8 heteroatoms. The molecule has 1 unspecified atom stereocenters. The van der Waals surface area contributed by atoms with Gasteiger partial charge in [0, 0.05) is 47.8 Å². The van der Waals surface area contributed by atoms with Crippen LogP contribution in [-0.2, 0) is 11.2 Å². The maximum Gasteiger partial charge on any atom is 0.154 e. The molecule has 1 fully saturated rings. The number of hydrogen-bond acceptors (Lipinski definition) is 6. The first kappa shape index (κ1) is 27.6. The molecular weight excluding hydrogens is 530 g/mol. The summed E-state index contributed by atoms with van der Waals surface area (Å²) < 4.78 is 16.3. The number of likely N-dealkylation sites (N-methyl/N-ethyl adjacent to an activating group) is 1. The van der Waals surface area contributed by atoms with Gasteiger partial charge in [-0.05, 0) is 79.3 Å². The molecule has 204 valence electrons. The first-order valence-electron chi connectivity index (χ1n) is 13.3. The van der Waals surface area contributed by atoms with E-state index in [1.54, 1.807) is 0 Å². The number of nitrogens with zero attached hydrogens (tertiary/aromatic N) is 2. The van der Waals surface area contributed by atoms with Crippen LogP contribution in [0.5, 0.6) is 11.5 Å². The summed E-state index contributed by atoms with van der Waals surface area (Å²) in [5, 5.41) is 2.04. The Balaban J connectivity index is 0.000000292. The van der Waals surface area contributed by atoms with Gasteiger partial charge in [-0.25, -0.2) is 0 Å². The highest BCUT2D eigenvalue weighted by molar-refractivity contribution is 7.78. The van der Waals surface area contributed by atoms with Crippen LogP contribution >= 0.6 is 23.8 Å². The van der Waals surface area contributed by atoms with E-state index < -0.39 is 0 Å². The lowest BCUT2D eigenvalue weighted by atomic mass is 9.93. The van der Waals surface area contributed by atoms with Gasteiger partial charge in [0.25, 0.3) is 0 Å². The fourth-order valence-electron chi connectivity index (χ4n) is 5.22. The standard InChI is InChI=1S/C24H28ClN3O2.C7H6OS/c1-27-9-8-20-21-16-18(25)4-7-22(21)26-23(20)24(27)17-2-5-19(6-3-17)30-15-12-28-10-13-29-14-11-28;9-6-8-7-4-2-1-3-5-7/h2-7,16,24,26H,8-15H2,1H3;1-6H. The van der Waals surface area contributed by atoms with Crippen LogP contribution < -0.4 is 9.47 Å². The monoisotopic (exact) mass is 563 g/mol. The van der Waals surface area contributed by atoms with E-state index in [2.05, 4.69) is 70.4 Å². The summed E-state index contributed by atoms with van der Waals surface area (Å²) in [6, 6.07) is 24.3. The Bertz CT molecular complexity index is 1360. The van der Waals surface area contributed by atoms with E-state index in [1.807, 2.05) is 36.4 Å². The van der Waals surface area contributed by atoms with Crippen LogP contribution in [0.4, 0.5) is 0 Å². The predicted molar refractivity (Wildman–Crippen MR) is 161 cm³/mol. The van der Waals surface area contributed by atoms with Crippen molar-refractivity contribution >= 4 is 40.3 Å². The molecule has 3 heterocycles. The summed E-state index contributed by atoms with van der Waals surface area (Å²) in [5.74, 6) is 1.71. The molecule has 0 bridgehead atoms. The zero-order valence-electron chi connectivity index (χ0n) is 22.1.